The van der Waals surface area contributed by atoms with Crippen molar-refractivity contribution < 1.29 is 18.7 Å². The largest absolute Gasteiger partial charge is 0.495 e. The summed E-state index contributed by atoms with van der Waals surface area (Å²) in [4.78, 5) is 27.4. The molecular formula is C23H16ClFN2O3. The number of imide groups is 1. The van der Waals surface area contributed by atoms with E-state index in [1.54, 1.807) is 42.5 Å². The van der Waals surface area contributed by atoms with Crippen LogP contribution in [0.3, 0.4) is 0 Å². The van der Waals surface area contributed by atoms with Gasteiger partial charge in [-0.15, -0.1) is 0 Å². The van der Waals surface area contributed by atoms with Crippen molar-refractivity contribution in [3.63, 3.8) is 0 Å². The number of nitrogens with zero attached hydrogens (tertiary/aromatic N) is 1. The van der Waals surface area contributed by atoms with Gasteiger partial charge in [-0.1, -0.05) is 48.0 Å². The van der Waals surface area contributed by atoms with Gasteiger partial charge in [0, 0.05) is 5.69 Å². The van der Waals surface area contributed by atoms with Gasteiger partial charge >= 0.3 is 0 Å². The van der Waals surface area contributed by atoms with E-state index in [1.165, 1.54) is 25.3 Å². The van der Waals surface area contributed by atoms with E-state index in [0.717, 1.165) is 11.0 Å². The lowest BCUT2D eigenvalue weighted by molar-refractivity contribution is -0.120. The predicted octanol–water partition coefficient (Wildman–Crippen LogP) is 4.88. The molecule has 1 heterocycles. The fraction of sp³-hybridized carbons (Fsp3) is 0.0435. The maximum Gasteiger partial charge on any atom is 0.282 e. The Morgan fingerprint density at radius 1 is 0.933 bits per heavy atom. The molecule has 30 heavy (non-hydrogen) atoms. The fourth-order valence-electron chi connectivity index (χ4n) is 3.26. The average Bonchev–Trinajstić information content (AvgIpc) is 2.98. The Hall–Kier alpha value is -3.64. The summed E-state index contributed by atoms with van der Waals surface area (Å²) in [5, 5.41) is 3.36. The lowest BCUT2D eigenvalue weighted by Gasteiger charge is -2.15. The number of nitrogens with one attached hydrogen (secondary N) is 1. The lowest BCUT2D eigenvalue weighted by Crippen LogP contribution is -2.32. The first kappa shape index (κ1) is 19.7. The van der Waals surface area contributed by atoms with Gasteiger partial charge in [-0.3, -0.25) is 9.59 Å². The summed E-state index contributed by atoms with van der Waals surface area (Å²) in [5.74, 6) is -1.19. The first-order valence-electron chi connectivity index (χ1n) is 9.04. The van der Waals surface area contributed by atoms with Crippen LogP contribution in [0, 0.1) is 5.82 Å². The smallest absolute Gasteiger partial charge is 0.282 e. The zero-order valence-corrected chi connectivity index (χ0v) is 16.6. The molecule has 7 heteroatoms. The van der Waals surface area contributed by atoms with Crippen LogP contribution >= 0.6 is 11.6 Å². The van der Waals surface area contributed by atoms with Gasteiger partial charge in [0.25, 0.3) is 11.8 Å². The van der Waals surface area contributed by atoms with Crippen molar-refractivity contribution in [3.8, 4) is 5.75 Å². The summed E-state index contributed by atoms with van der Waals surface area (Å²) < 4.78 is 18.9. The van der Waals surface area contributed by atoms with Crippen molar-refractivity contribution in [3.05, 3.63) is 94.9 Å². The van der Waals surface area contributed by atoms with Gasteiger partial charge in [0.1, 0.15) is 17.3 Å². The predicted molar refractivity (Wildman–Crippen MR) is 114 cm³/mol. The monoisotopic (exact) mass is 422 g/mol. The van der Waals surface area contributed by atoms with Crippen LogP contribution in [0.2, 0.25) is 5.02 Å². The molecule has 0 fully saturated rings. The number of hydrogen-bond acceptors (Lipinski definition) is 4. The highest BCUT2D eigenvalue weighted by atomic mass is 35.5. The Labute approximate surface area is 177 Å². The van der Waals surface area contributed by atoms with E-state index in [4.69, 9.17) is 16.3 Å². The number of ether oxygens (including phenoxy) is 1. The molecule has 0 aliphatic carbocycles. The van der Waals surface area contributed by atoms with E-state index < -0.39 is 17.6 Å². The van der Waals surface area contributed by atoms with E-state index in [0.29, 0.717) is 22.0 Å². The molecule has 1 aliphatic heterocycles. The molecule has 3 aromatic rings. The van der Waals surface area contributed by atoms with Crippen molar-refractivity contribution in [2.75, 3.05) is 17.3 Å². The number of carbonyl (C=O) groups excluding carboxylic acids is 2. The number of hydrogen-bond donors (Lipinski definition) is 1. The molecule has 0 atom stereocenters. The van der Waals surface area contributed by atoms with Crippen LogP contribution in [-0.4, -0.2) is 18.9 Å². The zero-order chi connectivity index (χ0) is 21.3. The first-order valence-corrected chi connectivity index (χ1v) is 9.42. The molecule has 2 amide bonds. The van der Waals surface area contributed by atoms with Crippen LogP contribution in [0.4, 0.5) is 15.8 Å². The molecule has 0 saturated heterocycles. The number of methoxy groups -OCH3 is 1. The molecule has 150 valence electrons. The fourth-order valence-corrected chi connectivity index (χ4v) is 3.51. The molecule has 1 aliphatic rings. The second-order valence-corrected chi connectivity index (χ2v) is 6.92. The molecule has 0 saturated carbocycles. The summed E-state index contributed by atoms with van der Waals surface area (Å²) in [6.45, 7) is 0. The van der Waals surface area contributed by atoms with E-state index in [-0.39, 0.29) is 17.0 Å². The van der Waals surface area contributed by atoms with Crippen LogP contribution in [0.25, 0.3) is 5.57 Å². The van der Waals surface area contributed by atoms with Crippen molar-refractivity contribution >= 4 is 40.4 Å². The Bertz CT molecular complexity index is 1180. The van der Waals surface area contributed by atoms with Crippen LogP contribution in [0.1, 0.15) is 5.56 Å². The minimum absolute atomic E-state index is 0.0803. The topological polar surface area (TPSA) is 58.6 Å². The molecule has 0 spiro atoms. The highest BCUT2D eigenvalue weighted by Crippen LogP contribution is 2.35. The van der Waals surface area contributed by atoms with Crippen LogP contribution in [0.5, 0.6) is 5.75 Å². The first-order chi connectivity index (χ1) is 14.5. The Kier molecular flexibility index (Phi) is 5.25. The van der Waals surface area contributed by atoms with E-state index in [2.05, 4.69) is 5.32 Å². The molecule has 0 unspecified atom stereocenters. The van der Waals surface area contributed by atoms with Gasteiger partial charge in [-0.25, -0.2) is 9.29 Å². The third kappa shape index (κ3) is 3.53. The van der Waals surface area contributed by atoms with Gasteiger partial charge in [0.15, 0.2) is 0 Å². The van der Waals surface area contributed by atoms with Gasteiger partial charge in [-0.05, 0) is 42.0 Å². The van der Waals surface area contributed by atoms with Gasteiger partial charge in [0.2, 0.25) is 0 Å². The normalized spacial score (nSPS) is 13.8. The molecule has 3 aromatic carbocycles. The number of halogens is 2. The summed E-state index contributed by atoms with van der Waals surface area (Å²) in [6, 6.07) is 19.1. The van der Waals surface area contributed by atoms with Crippen molar-refractivity contribution in [1.29, 1.82) is 0 Å². The Morgan fingerprint density at radius 2 is 1.70 bits per heavy atom. The Balaban J connectivity index is 1.80. The van der Waals surface area contributed by atoms with E-state index in [9.17, 15) is 14.0 Å². The second kappa shape index (κ2) is 8.00. The highest BCUT2D eigenvalue weighted by Gasteiger charge is 2.40. The van der Waals surface area contributed by atoms with Gasteiger partial charge in [0.05, 0.1) is 23.4 Å². The van der Waals surface area contributed by atoms with Gasteiger partial charge in [-0.2, -0.15) is 0 Å². The minimum Gasteiger partial charge on any atom is -0.495 e. The number of amides is 2. The van der Waals surface area contributed by atoms with Crippen molar-refractivity contribution in [1.82, 2.24) is 0 Å². The third-order valence-corrected chi connectivity index (χ3v) is 4.93. The van der Waals surface area contributed by atoms with Crippen molar-refractivity contribution in [2.45, 2.75) is 0 Å². The highest BCUT2D eigenvalue weighted by molar-refractivity contribution is 6.46. The number of rotatable bonds is 5. The third-order valence-electron chi connectivity index (χ3n) is 4.63. The number of benzene rings is 3. The molecule has 1 N–H and O–H groups in total. The summed E-state index contributed by atoms with van der Waals surface area (Å²) in [7, 11) is 1.50. The standard InChI is InChI=1S/C23H16ClFN2O3/c1-30-19-11-10-16(13-18(19)24)26-21-20(14-6-3-2-4-7-14)22(28)27(23(21)29)17-9-5-8-15(25)12-17/h2-13,26H,1H3. The zero-order valence-electron chi connectivity index (χ0n) is 15.9. The molecule has 0 bridgehead atoms. The lowest BCUT2D eigenvalue weighted by atomic mass is 10.0. The molecule has 0 aromatic heterocycles. The molecule has 0 radical (unpaired) electrons. The van der Waals surface area contributed by atoms with Crippen LogP contribution in [-0.2, 0) is 9.59 Å². The van der Waals surface area contributed by atoms with E-state index >= 15 is 0 Å². The number of carbonyl (C=O) groups is 2. The molecule has 4 rings (SSSR count). The van der Waals surface area contributed by atoms with Crippen molar-refractivity contribution in [2.24, 2.45) is 0 Å². The Morgan fingerprint density at radius 3 is 2.37 bits per heavy atom. The summed E-state index contributed by atoms with van der Waals surface area (Å²) >= 11 is 6.19. The van der Waals surface area contributed by atoms with Crippen LogP contribution < -0.4 is 15.0 Å². The second-order valence-electron chi connectivity index (χ2n) is 6.52. The number of anilines is 2. The maximum atomic E-state index is 13.7. The summed E-state index contributed by atoms with van der Waals surface area (Å²) in [5.41, 5.74) is 1.50. The van der Waals surface area contributed by atoms with Crippen LogP contribution in [0.15, 0.2) is 78.5 Å². The SMILES string of the molecule is COc1ccc(NC2=C(c3ccccc3)C(=O)N(c3cccc(F)c3)C2=O)cc1Cl. The average molecular weight is 423 g/mol. The minimum atomic E-state index is -0.587. The summed E-state index contributed by atoms with van der Waals surface area (Å²) in [6.07, 6.45) is 0. The maximum absolute atomic E-state index is 13.7. The van der Waals surface area contributed by atoms with E-state index in [1.807, 2.05) is 6.07 Å². The molecular weight excluding hydrogens is 407 g/mol. The quantitative estimate of drug-likeness (QED) is 0.595. The molecule has 5 nitrogen and oxygen atoms in total. The van der Waals surface area contributed by atoms with Gasteiger partial charge < -0.3 is 10.1 Å².